The van der Waals surface area contributed by atoms with E-state index < -0.39 is 0 Å². The molecule has 2 aromatic carbocycles. The summed E-state index contributed by atoms with van der Waals surface area (Å²) in [6, 6.07) is 14.7. The third-order valence-corrected chi connectivity index (χ3v) is 5.62. The second-order valence-electron chi connectivity index (χ2n) is 7.90. The van der Waals surface area contributed by atoms with Gasteiger partial charge in [0.2, 0.25) is 0 Å². The van der Waals surface area contributed by atoms with Crippen molar-refractivity contribution in [1.82, 2.24) is 15.2 Å². The van der Waals surface area contributed by atoms with Gasteiger partial charge in [0.15, 0.2) is 0 Å². The molecule has 1 aromatic heterocycles. The Kier molecular flexibility index (Phi) is 11.2. The van der Waals surface area contributed by atoms with Crippen LogP contribution in [0.15, 0.2) is 86.2 Å². The molecule has 190 valence electrons. The molecular formula is C28H37N7O. The maximum absolute atomic E-state index is 12.4. The van der Waals surface area contributed by atoms with Crippen LogP contribution in [0.25, 0.3) is 16.5 Å². The number of benzene rings is 2. The molecule has 7 N–H and O–H groups in total. The Hall–Kier alpha value is -4.14. The van der Waals surface area contributed by atoms with Crippen LogP contribution in [0.3, 0.4) is 0 Å². The fraction of sp³-hybridized carbons (Fsp3) is 0.214. The number of rotatable bonds is 10. The second kappa shape index (κ2) is 14.3. The second-order valence-corrected chi connectivity index (χ2v) is 7.90. The lowest BCUT2D eigenvalue weighted by molar-refractivity contribution is 0.0949. The minimum Gasteiger partial charge on any atom is -0.397 e. The van der Waals surface area contributed by atoms with Crippen molar-refractivity contribution in [3.05, 3.63) is 97.4 Å². The van der Waals surface area contributed by atoms with Gasteiger partial charge in [0, 0.05) is 42.0 Å². The van der Waals surface area contributed by atoms with Crippen molar-refractivity contribution in [3.8, 4) is 0 Å². The quantitative estimate of drug-likeness (QED) is 0.194. The number of hydrazine groups is 1. The molecule has 8 heteroatoms. The van der Waals surface area contributed by atoms with E-state index in [0.29, 0.717) is 29.3 Å². The Morgan fingerprint density at radius 3 is 2.22 bits per heavy atom. The summed E-state index contributed by atoms with van der Waals surface area (Å²) in [6.07, 6.45) is 6.54. The Bertz CT molecular complexity index is 1180. The molecule has 1 amide bonds. The number of hydrogen-bond acceptors (Lipinski definition) is 7. The van der Waals surface area contributed by atoms with Gasteiger partial charge in [-0.1, -0.05) is 63.4 Å². The van der Waals surface area contributed by atoms with Gasteiger partial charge in [0.05, 0.1) is 11.4 Å². The molecule has 0 fully saturated rings. The van der Waals surface area contributed by atoms with Crippen molar-refractivity contribution in [1.29, 1.82) is 0 Å². The van der Waals surface area contributed by atoms with Crippen LogP contribution in [0.4, 0.5) is 11.5 Å². The molecular weight excluding hydrogens is 450 g/mol. The normalized spacial score (nSPS) is 10.9. The van der Waals surface area contributed by atoms with Gasteiger partial charge >= 0.3 is 0 Å². The van der Waals surface area contributed by atoms with Crippen molar-refractivity contribution >= 4 is 33.9 Å². The van der Waals surface area contributed by atoms with Crippen LogP contribution in [0.1, 0.15) is 29.8 Å². The highest BCUT2D eigenvalue weighted by Crippen LogP contribution is 2.26. The SMILES string of the molecule is C=CC=C.CCN(CC)CCNC(=O)c1ccc(N(N)/C=C(\N)c2cnc(N)c3ccccc23)cc1. The first-order valence-electron chi connectivity index (χ1n) is 11.8. The molecule has 3 aromatic rings. The largest absolute Gasteiger partial charge is 0.397 e. The summed E-state index contributed by atoms with van der Waals surface area (Å²) in [4.78, 5) is 18.9. The maximum Gasteiger partial charge on any atom is 0.251 e. The molecule has 0 bridgehead atoms. The third-order valence-electron chi connectivity index (χ3n) is 5.62. The summed E-state index contributed by atoms with van der Waals surface area (Å²) in [5.41, 5.74) is 14.8. The van der Waals surface area contributed by atoms with Gasteiger partial charge in [-0.2, -0.15) is 0 Å². The van der Waals surface area contributed by atoms with Crippen molar-refractivity contribution in [2.75, 3.05) is 36.9 Å². The highest BCUT2D eigenvalue weighted by molar-refractivity contribution is 5.98. The molecule has 0 radical (unpaired) electrons. The van der Waals surface area contributed by atoms with Gasteiger partial charge in [-0.25, -0.2) is 10.8 Å². The Morgan fingerprint density at radius 2 is 1.64 bits per heavy atom. The van der Waals surface area contributed by atoms with Gasteiger partial charge in [0.25, 0.3) is 5.91 Å². The van der Waals surface area contributed by atoms with Crippen LogP contribution in [0.5, 0.6) is 0 Å². The summed E-state index contributed by atoms with van der Waals surface area (Å²) in [6.45, 7) is 14.3. The average Bonchev–Trinajstić information content (AvgIpc) is 2.91. The van der Waals surface area contributed by atoms with Crippen LogP contribution in [-0.4, -0.2) is 42.0 Å². The summed E-state index contributed by atoms with van der Waals surface area (Å²) in [5.74, 6) is 6.55. The number of likely N-dealkylation sites (N-methyl/N-ethyl adjacent to an activating group) is 1. The number of fused-ring (bicyclic) bond motifs is 1. The highest BCUT2D eigenvalue weighted by atomic mass is 16.1. The highest BCUT2D eigenvalue weighted by Gasteiger charge is 2.10. The van der Waals surface area contributed by atoms with Crippen LogP contribution in [-0.2, 0) is 0 Å². The number of amides is 1. The molecule has 0 unspecified atom stereocenters. The first-order valence-corrected chi connectivity index (χ1v) is 11.8. The zero-order chi connectivity index (χ0) is 26.5. The molecule has 0 saturated heterocycles. The number of nitrogens with one attached hydrogen (secondary N) is 1. The Labute approximate surface area is 213 Å². The molecule has 0 spiro atoms. The first kappa shape index (κ1) is 28.1. The first-order chi connectivity index (χ1) is 17.4. The molecule has 0 atom stereocenters. The monoisotopic (exact) mass is 487 g/mol. The molecule has 8 nitrogen and oxygen atoms in total. The van der Waals surface area contributed by atoms with Gasteiger partial charge < -0.3 is 21.7 Å². The number of carbonyl (C=O) groups excluding carboxylic acids is 1. The number of nitrogens with two attached hydrogens (primary N) is 3. The fourth-order valence-electron chi connectivity index (χ4n) is 3.49. The number of nitrogen functional groups attached to an aromatic ring is 1. The topological polar surface area (TPSA) is 127 Å². The molecule has 36 heavy (non-hydrogen) atoms. The van der Waals surface area contributed by atoms with Gasteiger partial charge in [0.1, 0.15) is 5.82 Å². The van der Waals surface area contributed by atoms with E-state index >= 15 is 0 Å². The summed E-state index contributed by atoms with van der Waals surface area (Å²) >= 11 is 0. The Balaban J connectivity index is 0.00000106. The van der Waals surface area contributed by atoms with Crippen molar-refractivity contribution < 1.29 is 4.79 Å². The van der Waals surface area contributed by atoms with Gasteiger partial charge in [-0.3, -0.25) is 9.80 Å². The Morgan fingerprint density at radius 1 is 1.03 bits per heavy atom. The minimum atomic E-state index is -0.109. The maximum atomic E-state index is 12.4. The standard InChI is InChI=1S/C24H31N7O.C4H6/c1-3-30(4-2)14-13-28-24(32)17-9-11-18(12-10-17)31(27)16-22(25)21-15-29-23(26)20-8-6-5-7-19(20)21;1-3-4-2/h5-12,15-16H,3-4,13-14,25,27H2,1-2H3,(H2,26,29)(H,28,32);3-4H,1-2H2/b22-16-;. The number of carbonyl (C=O) groups is 1. The summed E-state index contributed by atoms with van der Waals surface area (Å²) in [5, 5.41) is 6.10. The van der Waals surface area contributed by atoms with E-state index in [2.05, 4.69) is 42.2 Å². The van der Waals surface area contributed by atoms with E-state index in [0.717, 1.165) is 36.0 Å². The zero-order valence-corrected chi connectivity index (χ0v) is 21.2. The lowest BCUT2D eigenvalue weighted by Crippen LogP contribution is -2.34. The predicted octanol–water partition coefficient (Wildman–Crippen LogP) is 3.88. The zero-order valence-electron chi connectivity index (χ0n) is 21.2. The van der Waals surface area contributed by atoms with Gasteiger partial charge in [-0.15, -0.1) is 0 Å². The van der Waals surface area contributed by atoms with Crippen molar-refractivity contribution in [2.45, 2.75) is 13.8 Å². The molecule has 0 aliphatic rings. The van der Waals surface area contributed by atoms with E-state index in [1.54, 1.807) is 48.8 Å². The number of hydrogen-bond donors (Lipinski definition) is 4. The van der Waals surface area contributed by atoms with Crippen LogP contribution >= 0.6 is 0 Å². The lowest BCUT2D eigenvalue weighted by Gasteiger charge is -2.18. The minimum absolute atomic E-state index is 0.109. The molecule has 1 heterocycles. The average molecular weight is 488 g/mol. The van der Waals surface area contributed by atoms with Crippen molar-refractivity contribution in [3.63, 3.8) is 0 Å². The number of pyridine rings is 1. The molecule has 0 aliphatic heterocycles. The number of aromatic nitrogens is 1. The van der Waals surface area contributed by atoms with Crippen molar-refractivity contribution in [2.24, 2.45) is 11.6 Å². The van der Waals surface area contributed by atoms with Crippen LogP contribution < -0.4 is 27.6 Å². The van der Waals surface area contributed by atoms with E-state index in [-0.39, 0.29) is 5.91 Å². The van der Waals surface area contributed by atoms with Crippen LogP contribution in [0, 0.1) is 0 Å². The molecule has 3 rings (SSSR count). The smallest absolute Gasteiger partial charge is 0.251 e. The van der Waals surface area contributed by atoms with E-state index in [9.17, 15) is 4.79 Å². The van der Waals surface area contributed by atoms with Crippen LogP contribution in [0.2, 0.25) is 0 Å². The summed E-state index contributed by atoms with van der Waals surface area (Å²) < 4.78 is 0. The number of allylic oxidation sites excluding steroid dienone is 2. The van der Waals surface area contributed by atoms with Gasteiger partial charge in [-0.05, 0) is 42.7 Å². The summed E-state index contributed by atoms with van der Waals surface area (Å²) in [7, 11) is 0. The molecule has 0 saturated carbocycles. The number of nitrogens with zero attached hydrogens (tertiary/aromatic N) is 3. The fourth-order valence-corrected chi connectivity index (χ4v) is 3.49. The predicted molar refractivity (Wildman–Crippen MR) is 152 cm³/mol. The van der Waals surface area contributed by atoms with E-state index in [1.165, 1.54) is 5.01 Å². The lowest BCUT2D eigenvalue weighted by atomic mass is 10.1. The molecule has 0 aliphatic carbocycles. The van der Waals surface area contributed by atoms with E-state index in [1.807, 2.05) is 24.3 Å². The number of anilines is 2. The van der Waals surface area contributed by atoms with E-state index in [4.69, 9.17) is 17.3 Å². The third kappa shape index (κ3) is 7.69.